The van der Waals surface area contributed by atoms with E-state index >= 15 is 0 Å². The van der Waals surface area contributed by atoms with Crippen LogP contribution in [0.2, 0.25) is 0 Å². The van der Waals surface area contributed by atoms with Crippen LogP contribution in [0.25, 0.3) is 0 Å². The van der Waals surface area contributed by atoms with Gasteiger partial charge in [0.15, 0.2) is 12.2 Å². The lowest BCUT2D eigenvalue weighted by atomic mass is 10.0. The van der Waals surface area contributed by atoms with E-state index in [1.807, 2.05) is 82.3 Å². The lowest BCUT2D eigenvalue weighted by Gasteiger charge is -2.32. The number of carbonyl (C=O) groups is 4. The second kappa shape index (κ2) is 19.1. The predicted octanol–water partition coefficient (Wildman–Crippen LogP) is 4.16. The van der Waals surface area contributed by atoms with Gasteiger partial charge in [0.25, 0.3) is 5.91 Å². The fraction of sp³-hybridized carbons (Fsp3) is 0.568. The largest absolute Gasteiger partial charge is 0.458 e. The molecule has 2 aromatic rings. The zero-order valence-corrected chi connectivity index (χ0v) is 29.5. The minimum Gasteiger partial charge on any atom is -0.458 e. The van der Waals surface area contributed by atoms with Gasteiger partial charge in [-0.1, -0.05) is 70.2 Å². The first-order valence-corrected chi connectivity index (χ1v) is 16.9. The molecule has 1 aliphatic rings. The first kappa shape index (κ1) is 38.5. The average molecular weight is 668 g/mol. The number of hydrogen-bond donors (Lipinski definition) is 1. The summed E-state index contributed by atoms with van der Waals surface area (Å²) in [6.07, 6.45) is -1.47. The Morgan fingerprint density at radius 1 is 0.812 bits per heavy atom. The van der Waals surface area contributed by atoms with Gasteiger partial charge < -0.3 is 34.1 Å². The molecule has 48 heavy (non-hydrogen) atoms. The Morgan fingerprint density at radius 2 is 1.44 bits per heavy atom. The zero-order valence-electron chi connectivity index (χ0n) is 29.5. The molecule has 4 atom stereocenters. The minimum absolute atomic E-state index is 0.00610. The molecule has 1 fully saturated rings. The minimum atomic E-state index is -1.20. The summed E-state index contributed by atoms with van der Waals surface area (Å²) in [5.41, 5.74) is 2.65. The number of esters is 3. The number of anilines is 1. The fourth-order valence-corrected chi connectivity index (χ4v) is 5.47. The lowest BCUT2D eigenvalue weighted by molar-refractivity contribution is -0.174. The smallest absolute Gasteiger partial charge is 0.347 e. The first-order chi connectivity index (χ1) is 22.9. The number of rotatable bonds is 17. The van der Waals surface area contributed by atoms with Crippen molar-refractivity contribution in [1.29, 1.82) is 0 Å². The molecule has 1 aliphatic heterocycles. The van der Waals surface area contributed by atoms with Gasteiger partial charge in [-0.05, 0) is 61.9 Å². The van der Waals surface area contributed by atoms with E-state index in [2.05, 4.69) is 10.2 Å². The number of benzene rings is 2. The monoisotopic (exact) mass is 667 g/mol. The van der Waals surface area contributed by atoms with E-state index in [0.29, 0.717) is 19.6 Å². The Balaban J connectivity index is 1.78. The molecule has 3 rings (SSSR count). The SMILES string of the molecule is CN[C@@H](CC(C)C)C(=O)O[C@H](Cc1ccc(N2CCOCC2)cc1)C(=O)N(C)[C@@H](CC(C)C)C(=O)O[C@H](C)C(=O)OCc1ccccc1. The highest BCUT2D eigenvalue weighted by Crippen LogP contribution is 2.21. The molecular weight excluding hydrogens is 614 g/mol. The number of likely N-dealkylation sites (N-methyl/N-ethyl adjacent to an activating group) is 2. The van der Waals surface area contributed by atoms with Crippen LogP contribution in [0, 0.1) is 11.8 Å². The number of nitrogens with zero attached hydrogens (tertiary/aromatic N) is 2. The molecule has 1 amide bonds. The zero-order chi connectivity index (χ0) is 35.2. The van der Waals surface area contributed by atoms with Gasteiger partial charge in [0.2, 0.25) is 0 Å². The highest BCUT2D eigenvalue weighted by molar-refractivity contribution is 5.90. The number of morpholine rings is 1. The summed E-state index contributed by atoms with van der Waals surface area (Å²) in [5, 5.41) is 3.00. The van der Waals surface area contributed by atoms with Crippen LogP contribution in [0.3, 0.4) is 0 Å². The number of ether oxygens (including phenoxy) is 4. The predicted molar refractivity (Wildman–Crippen MR) is 183 cm³/mol. The van der Waals surface area contributed by atoms with Crippen molar-refractivity contribution in [1.82, 2.24) is 10.2 Å². The summed E-state index contributed by atoms with van der Waals surface area (Å²) in [6.45, 7) is 12.3. The molecule has 11 nitrogen and oxygen atoms in total. The number of amides is 1. The van der Waals surface area contributed by atoms with Gasteiger partial charge in [0, 0.05) is 32.2 Å². The van der Waals surface area contributed by atoms with Gasteiger partial charge in [-0.3, -0.25) is 9.59 Å². The summed E-state index contributed by atoms with van der Waals surface area (Å²) in [6, 6.07) is 15.4. The second-order valence-electron chi connectivity index (χ2n) is 13.1. The van der Waals surface area contributed by atoms with Crippen LogP contribution in [0.4, 0.5) is 5.69 Å². The van der Waals surface area contributed by atoms with E-state index in [4.69, 9.17) is 18.9 Å². The molecule has 0 bridgehead atoms. The molecule has 2 aromatic carbocycles. The van der Waals surface area contributed by atoms with Crippen molar-refractivity contribution in [2.75, 3.05) is 45.3 Å². The standard InChI is InChI=1S/C37H53N3O8/c1-25(2)21-31(38-6)36(43)48-33(23-28-13-15-30(16-14-28)40-17-19-45-20-18-40)34(41)39(7)32(22-26(3)4)37(44)47-27(5)35(42)46-24-29-11-9-8-10-12-29/h8-16,25-27,31-33,38H,17-24H2,1-7H3/t27-,31+,32+,33-/m1/s1. The van der Waals surface area contributed by atoms with Crippen LogP contribution in [-0.4, -0.2) is 93.4 Å². The van der Waals surface area contributed by atoms with E-state index in [0.717, 1.165) is 29.9 Å². The second-order valence-corrected chi connectivity index (χ2v) is 13.1. The van der Waals surface area contributed by atoms with E-state index in [9.17, 15) is 19.2 Å². The Bertz CT molecular complexity index is 1310. The molecule has 1 N–H and O–H groups in total. The Morgan fingerprint density at radius 3 is 2.02 bits per heavy atom. The Labute approximate surface area is 285 Å². The molecule has 264 valence electrons. The molecule has 0 spiro atoms. The topological polar surface area (TPSA) is 124 Å². The van der Waals surface area contributed by atoms with Crippen molar-refractivity contribution in [3.8, 4) is 0 Å². The Kier molecular flexibility index (Phi) is 15.3. The van der Waals surface area contributed by atoms with Gasteiger partial charge >= 0.3 is 17.9 Å². The van der Waals surface area contributed by atoms with Gasteiger partial charge in [-0.25, -0.2) is 9.59 Å². The van der Waals surface area contributed by atoms with Crippen molar-refractivity contribution >= 4 is 29.5 Å². The summed E-state index contributed by atoms with van der Waals surface area (Å²) in [5.74, 6) is -2.29. The third-order valence-electron chi connectivity index (χ3n) is 8.24. The van der Waals surface area contributed by atoms with Gasteiger partial charge in [0.1, 0.15) is 18.7 Å². The van der Waals surface area contributed by atoms with Crippen LogP contribution >= 0.6 is 0 Å². The van der Waals surface area contributed by atoms with E-state index in [1.165, 1.54) is 18.9 Å². The van der Waals surface area contributed by atoms with E-state index in [-0.39, 0.29) is 31.3 Å². The van der Waals surface area contributed by atoms with Gasteiger partial charge in [0.05, 0.1) is 13.2 Å². The maximum Gasteiger partial charge on any atom is 0.347 e. The lowest BCUT2D eigenvalue weighted by Crippen LogP contribution is -2.51. The molecule has 11 heteroatoms. The molecule has 0 saturated carbocycles. The third-order valence-corrected chi connectivity index (χ3v) is 8.24. The first-order valence-electron chi connectivity index (χ1n) is 16.9. The maximum atomic E-state index is 14.1. The van der Waals surface area contributed by atoms with Crippen LogP contribution in [0.15, 0.2) is 54.6 Å². The quantitative estimate of drug-likeness (QED) is 0.194. The molecule has 1 saturated heterocycles. The summed E-state index contributed by atoms with van der Waals surface area (Å²) in [7, 11) is 3.18. The van der Waals surface area contributed by atoms with Crippen LogP contribution < -0.4 is 10.2 Å². The van der Waals surface area contributed by atoms with Crippen molar-refractivity contribution < 1.29 is 38.1 Å². The molecule has 0 aromatic heterocycles. The number of nitrogens with one attached hydrogen (secondary N) is 1. The average Bonchev–Trinajstić information content (AvgIpc) is 3.08. The van der Waals surface area contributed by atoms with Crippen molar-refractivity contribution in [2.45, 2.75) is 84.8 Å². The molecule has 1 heterocycles. The molecular formula is C37H53N3O8. The van der Waals surface area contributed by atoms with Gasteiger partial charge in [-0.15, -0.1) is 0 Å². The number of carbonyl (C=O) groups excluding carboxylic acids is 4. The summed E-state index contributed by atoms with van der Waals surface area (Å²) < 4.78 is 22.3. The summed E-state index contributed by atoms with van der Waals surface area (Å²) in [4.78, 5) is 57.2. The maximum absolute atomic E-state index is 14.1. The normalized spacial score (nSPS) is 15.7. The molecule has 0 unspecified atom stereocenters. The highest BCUT2D eigenvalue weighted by Gasteiger charge is 2.37. The fourth-order valence-electron chi connectivity index (χ4n) is 5.47. The van der Waals surface area contributed by atoms with E-state index < -0.39 is 48.1 Å². The Hall–Kier alpha value is -3.96. The van der Waals surface area contributed by atoms with Crippen LogP contribution in [0.5, 0.6) is 0 Å². The summed E-state index contributed by atoms with van der Waals surface area (Å²) >= 11 is 0. The molecule has 0 aliphatic carbocycles. The van der Waals surface area contributed by atoms with Crippen molar-refractivity contribution in [2.24, 2.45) is 11.8 Å². The van der Waals surface area contributed by atoms with E-state index in [1.54, 1.807) is 7.05 Å². The third kappa shape index (κ3) is 11.9. The highest BCUT2D eigenvalue weighted by atomic mass is 16.6. The van der Waals surface area contributed by atoms with Gasteiger partial charge in [-0.2, -0.15) is 0 Å². The van der Waals surface area contributed by atoms with Crippen molar-refractivity contribution in [3.63, 3.8) is 0 Å². The van der Waals surface area contributed by atoms with Crippen LogP contribution in [-0.2, 0) is 51.2 Å². The number of hydrogen-bond acceptors (Lipinski definition) is 10. The van der Waals surface area contributed by atoms with Crippen LogP contribution in [0.1, 0.15) is 58.6 Å². The van der Waals surface area contributed by atoms with Crippen molar-refractivity contribution in [3.05, 3.63) is 65.7 Å². The molecule has 0 radical (unpaired) electrons.